The Morgan fingerprint density at radius 3 is 1.69 bits per heavy atom. The Bertz CT molecular complexity index is 609. The lowest BCUT2D eigenvalue weighted by Crippen LogP contribution is -2.28. The number of halogens is 2. The Kier molecular flexibility index (Phi) is 5.52. The van der Waals surface area contributed by atoms with Gasteiger partial charge in [0, 0.05) is 0 Å². The molecule has 0 atom stereocenters. The fourth-order valence-corrected chi connectivity index (χ4v) is 5.43. The van der Waals surface area contributed by atoms with E-state index in [1.54, 1.807) is 19.1 Å². The molecule has 3 fully saturated rings. The standard InChI is InChI=1S/C23H32F2O/c1-15-2-13-21(23(25)22(15)24)26-14-16-3-5-17(6-4-16)18-7-9-19(10-8-18)20-11-12-20/h2,13,16-20H,3-12,14H2,1H3. The van der Waals surface area contributed by atoms with Crippen molar-refractivity contribution in [2.75, 3.05) is 6.61 Å². The van der Waals surface area contributed by atoms with Crippen LogP contribution in [0.2, 0.25) is 0 Å². The van der Waals surface area contributed by atoms with Gasteiger partial charge in [-0.1, -0.05) is 6.07 Å². The molecule has 0 unspecified atom stereocenters. The van der Waals surface area contributed by atoms with Gasteiger partial charge in [0.25, 0.3) is 0 Å². The van der Waals surface area contributed by atoms with Crippen LogP contribution in [0.15, 0.2) is 12.1 Å². The summed E-state index contributed by atoms with van der Waals surface area (Å²) in [5, 5.41) is 0. The quantitative estimate of drug-likeness (QED) is 0.568. The molecule has 0 aromatic heterocycles. The molecular weight excluding hydrogens is 330 g/mol. The Labute approximate surface area is 156 Å². The van der Waals surface area contributed by atoms with Crippen LogP contribution in [-0.4, -0.2) is 6.61 Å². The van der Waals surface area contributed by atoms with Crippen LogP contribution in [0.25, 0.3) is 0 Å². The van der Waals surface area contributed by atoms with Gasteiger partial charge in [-0.2, -0.15) is 4.39 Å². The fourth-order valence-electron chi connectivity index (χ4n) is 5.43. The summed E-state index contributed by atoms with van der Waals surface area (Å²) in [6.45, 7) is 2.09. The Morgan fingerprint density at radius 2 is 1.19 bits per heavy atom. The van der Waals surface area contributed by atoms with Gasteiger partial charge < -0.3 is 4.74 Å². The van der Waals surface area contributed by atoms with E-state index in [-0.39, 0.29) is 5.75 Å². The van der Waals surface area contributed by atoms with Crippen molar-refractivity contribution in [2.45, 2.75) is 71.1 Å². The van der Waals surface area contributed by atoms with Crippen LogP contribution in [0.5, 0.6) is 5.75 Å². The molecular formula is C23H32F2O. The summed E-state index contributed by atoms with van der Waals surface area (Å²) in [6.07, 6.45) is 13.7. The molecule has 0 bridgehead atoms. The van der Waals surface area contributed by atoms with Gasteiger partial charge in [0.2, 0.25) is 5.82 Å². The van der Waals surface area contributed by atoms with Gasteiger partial charge in [0.15, 0.2) is 11.6 Å². The zero-order valence-electron chi connectivity index (χ0n) is 16.0. The molecule has 144 valence electrons. The van der Waals surface area contributed by atoms with Crippen molar-refractivity contribution in [1.82, 2.24) is 0 Å². The second kappa shape index (κ2) is 7.86. The molecule has 0 radical (unpaired) electrons. The van der Waals surface area contributed by atoms with Gasteiger partial charge in [-0.25, -0.2) is 4.39 Å². The highest BCUT2D eigenvalue weighted by molar-refractivity contribution is 5.30. The summed E-state index contributed by atoms with van der Waals surface area (Å²) in [6, 6.07) is 3.14. The number of hydrogen-bond donors (Lipinski definition) is 0. The Balaban J connectivity index is 1.21. The van der Waals surface area contributed by atoms with Crippen molar-refractivity contribution in [3.05, 3.63) is 29.3 Å². The third kappa shape index (κ3) is 4.07. The maximum atomic E-state index is 13.9. The van der Waals surface area contributed by atoms with Crippen LogP contribution in [-0.2, 0) is 0 Å². The lowest BCUT2D eigenvalue weighted by molar-refractivity contribution is 0.118. The van der Waals surface area contributed by atoms with Gasteiger partial charge in [0.05, 0.1) is 6.61 Å². The highest BCUT2D eigenvalue weighted by Crippen LogP contribution is 2.48. The maximum absolute atomic E-state index is 13.9. The minimum Gasteiger partial charge on any atom is -0.490 e. The predicted molar refractivity (Wildman–Crippen MR) is 100 cm³/mol. The predicted octanol–water partition coefficient (Wildman–Crippen LogP) is 6.67. The van der Waals surface area contributed by atoms with Crippen molar-refractivity contribution in [3.8, 4) is 5.75 Å². The van der Waals surface area contributed by atoms with Crippen LogP contribution < -0.4 is 4.74 Å². The van der Waals surface area contributed by atoms with Crippen LogP contribution in [0.3, 0.4) is 0 Å². The van der Waals surface area contributed by atoms with Crippen LogP contribution in [0, 0.1) is 48.1 Å². The smallest absolute Gasteiger partial charge is 0.200 e. The molecule has 0 heterocycles. The Hall–Kier alpha value is -1.12. The van der Waals surface area contributed by atoms with E-state index in [0.717, 1.165) is 23.7 Å². The first kappa shape index (κ1) is 18.3. The molecule has 1 aromatic carbocycles. The van der Waals surface area contributed by atoms with E-state index in [1.165, 1.54) is 64.2 Å². The molecule has 4 rings (SSSR count). The lowest BCUT2D eigenvalue weighted by atomic mass is 9.68. The lowest BCUT2D eigenvalue weighted by Gasteiger charge is -2.38. The first-order chi connectivity index (χ1) is 12.6. The van der Waals surface area contributed by atoms with Crippen molar-refractivity contribution in [1.29, 1.82) is 0 Å². The molecule has 0 spiro atoms. The second-order valence-electron chi connectivity index (χ2n) is 9.11. The highest BCUT2D eigenvalue weighted by atomic mass is 19.2. The number of aryl methyl sites for hydroxylation is 1. The molecule has 0 N–H and O–H groups in total. The molecule has 0 amide bonds. The first-order valence-corrected chi connectivity index (χ1v) is 10.7. The van der Waals surface area contributed by atoms with Gasteiger partial charge in [0.1, 0.15) is 0 Å². The molecule has 1 aromatic rings. The summed E-state index contributed by atoms with van der Waals surface area (Å²) in [5.74, 6) is 2.87. The van der Waals surface area contributed by atoms with E-state index < -0.39 is 11.6 Å². The molecule has 3 heteroatoms. The van der Waals surface area contributed by atoms with E-state index >= 15 is 0 Å². The fraction of sp³-hybridized carbons (Fsp3) is 0.739. The SMILES string of the molecule is Cc1ccc(OCC2CCC(C3CCC(C4CC4)CC3)CC2)c(F)c1F. The van der Waals surface area contributed by atoms with E-state index in [4.69, 9.17) is 4.74 Å². The normalized spacial score (nSPS) is 32.4. The van der Waals surface area contributed by atoms with Crippen LogP contribution >= 0.6 is 0 Å². The number of rotatable bonds is 5. The molecule has 3 aliphatic carbocycles. The second-order valence-corrected chi connectivity index (χ2v) is 9.11. The molecule has 1 nitrogen and oxygen atoms in total. The summed E-state index contributed by atoms with van der Waals surface area (Å²) in [5.41, 5.74) is 0.326. The molecule has 3 saturated carbocycles. The van der Waals surface area contributed by atoms with Crippen molar-refractivity contribution in [2.24, 2.45) is 29.6 Å². The molecule has 0 saturated heterocycles. The highest BCUT2D eigenvalue weighted by Gasteiger charge is 2.36. The van der Waals surface area contributed by atoms with Crippen LogP contribution in [0.4, 0.5) is 8.78 Å². The summed E-state index contributed by atoms with van der Waals surface area (Å²) in [7, 11) is 0. The van der Waals surface area contributed by atoms with Crippen molar-refractivity contribution in [3.63, 3.8) is 0 Å². The van der Waals surface area contributed by atoms with E-state index in [1.807, 2.05) is 0 Å². The average molecular weight is 363 g/mol. The summed E-state index contributed by atoms with van der Waals surface area (Å²) in [4.78, 5) is 0. The van der Waals surface area contributed by atoms with Gasteiger partial charge >= 0.3 is 0 Å². The molecule has 26 heavy (non-hydrogen) atoms. The Morgan fingerprint density at radius 1 is 0.731 bits per heavy atom. The van der Waals surface area contributed by atoms with Gasteiger partial charge in [-0.15, -0.1) is 0 Å². The largest absolute Gasteiger partial charge is 0.490 e. The zero-order chi connectivity index (χ0) is 18.1. The molecule has 3 aliphatic rings. The van der Waals surface area contributed by atoms with E-state index in [2.05, 4.69) is 0 Å². The van der Waals surface area contributed by atoms with E-state index in [9.17, 15) is 8.78 Å². The van der Waals surface area contributed by atoms with Crippen molar-refractivity contribution < 1.29 is 13.5 Å². The maximum Gasteiger partial charge on any atom is 0.200 e. The van der Waals surface area contributed by atoms with Gasteiger partial charge in [-0.05, 0) is 112 Å². The average Bonchev–Trinajstić information content (AvgIpc) is 3.52. The number of ether oxygens (including phenoxy) is 1. The molecule has 0 aliphatic heterocycles. The monoisotopic (exact) mass is 362 g/mol. The van der Waals surface area contributed by atoms with Crippen LogP contribution in [0.1, 0.15) is 69.8 Å². The number of benzene rings is 1. The topological polar surface area (TPSA) is 9.23 Å². The third-order valence-corrected chi connectivity index (χ3v) is 7.38. The van der Waals surface area contributed by atoms with Crippen molar-refractivity contribution >= 4 is 0 Å². The third-order valence-electron chi connectivity index (χ3n) is 7.38. The van der Waals surface area contributed by atoms with E-state index in [0.29, 0.717) is 18.1 Å². The summed E-state index contributed by atoms with van der Waals surface area (Å²) >= 11 is 0. The minimum atomic E-state index is -0.842. The minimum absolute atomic E-state index is 0.0635. The number of hydrogen-bond acceptors (Lipinski definition) is 1. The first-order valence-electron chi connectivity index (χ1n) is 10.7. The van der Waals surface area contributed by atoms with Gasteiger partial charge in [-0.3, -0.25) is 0 Å². The zero-order valence-corrected chi connectivity index (χ0v) is 16.0. The summed E-state index contributed by atoms with van der Waals surface area (Å²) < 4.78 is 33.2.